The fraction of sp³-hybridized carbons (Fsp3) is 0.231. The summed E-state index contributed by atoms with van der Waals surface area (Å²) >= 11 is 5.96. The number of imidazole rings is 1. The zero-order chi connectivity index (χ0) is 21.8. The number of anilines is 1. The van der Waals surface area contributed by atoms with E-state index in [2.05, 4.69) is 52.9 Å². The summed E-state index contributed by atoms with van der Waals surface area (Å²) in [4.78, 5) is 12.5. The summed E-state index contributed by atoms with van der Waals surface area (Å²) in [5.41, 5.74) is 5.65. The fourth-order valence-corrected chi connectivity index (χ4v) is 3.70. The van der Waals surface area contributed by atoms with Crippen molar-refractivity contribution in [3.63, 3.8) is 0 Å². The quantitative estimate of drug-likeness (QED) is 0.355. The van der Waals surface area contributed by atoms with Gasteiger partial charge in [0.1, 0.15) is 5.69 Å². The van der Waals surface area contributed by atoms with Crippen LogP contribution in [0.2, 0.25) is 5.02 Å². The van der Waals surface area contributed by atoms with Crippen LogP contribution in [0.15, 0.2) is 60.8 Å². The van der Waals surface area contributed by atoms with Gasteiger partial charge in [-0.1, -0.05) is 49.6 Å². The minimum atomic E-state index is 0.363. The first-order chi connectivity index (χ1) is 15.0. The van der Waals surface area contributed by atoms with Crippen LogP contribution in [-0.2, 0) is 0 Å². The monoisotopic (exact) mass is 428 g/mol. The number of hydrogen-bond acceptors (Lipinski definition) is 3. The molecular formula is C26H25ClN4. The number of hydrogen-bond donors (Lipinski definition) is 2. The molecule has 156 valence electrons. The number of halogens is 1. The van der Waals surface area contributed by atoms with Crippen LogP contribution in [0, 0.1) is 17.8 Å². The summed E-state index contributed by atoms with van der Waals surface area (Å²) in [5.74, 6) is 7.78. The van der Waals surface area contributed by atoms with Gasteiger partial charge >= 0.3 is 0 Å². The highest BCUT2D eigenvalue weighted by atomic mass is 35.5. The van der Waals surface area contributed by atoms with Gasteiger partial charge in [0.05, 0.1) is 11.0 Å². The molecule has 5 heteroatoms. The number of H-pyrrole nitrogens is 1. The third-order valence-corrected chi connectivity index (χ3v) is 5.22. The van der Waals surface area contributed by atoms with E-state index in [0.29, 0.717) is 12.0 Å². The van der Waals surface area contributed by atoms with E-state index >= 15 is 0 Å². The normalized spacial score (nSPS) is 11.9. The molecule has 0 aliphatic carbocycles. The number of fused-ring (bicyclic) bond motifs is 1. The molecule has 4 aromatic rings. The second-order valence-electron chi connectivity index (χ2n) is 8.18. The van der Waals surface area contributed by atoms with E-state index < -0.39 is 0 Å². The van der Waals surface area contributed by atoms with Crippen LogP contribution in [0.4, 0.5) is 5.95 Å². The Balaban J connectivity index is 1.48. The largest absolute Gasteiger partial charge is 0.353 e. The second kappa shape index (κ2) is 9.24. The lowest BCUT2D eigenvalue weighted by Crippen LogP contribution is -2.18. The van der Waals surface area contributed by atoms with Crippen LogP contribution in [0.5, 0.6) is 0 Å². The summed E-state index contributed by atoms with van der Waals surface area (Å²) in [5, 5.41) is 4.17. The van der Waals surface area contributed by atoms with Crippen molar-refractivity contribution >= 4 is 28.6 Å². The number of pyridine rings is 1. The molecule has 0 saturated heterocycles. The zero-order valence-electron chi connectivity index (χ0n) is 17.9. The number of aromatic amines is 1. The minimum Gasteiger partial charge on any atom is -0.353 e. The van der Waals surface area contributed by atoms with Crippen LogP contribution in [0.3, 0.4) is 0 Å². The van der Waals surface area contributed by atoms with E-state index in [1.807, 2.05) is 60.8 Å². The highest BCUT2D eigenvalue weighted by molar-refractivity contribution is 6.30. The van der Waals surface area contributed by atoms with Gasteiger partial charge in [0.15, 0.2) is 0 Å². The van der Waals surface area contributed by atoms with Crippen molar-refractivity contribution < 1.29 is 0 Å². The number of nitrogens with zero attached hydrogens (tertiary/aromatic N) is 2. The molecule has 0 bridgehead atoms. The lowest BCUT2D eigenvalue weighted by molar-refractivity contribution is 0.538. The van der Waals surface area contributed by atoms with Crippen molar-refractivity contribution in [1.29, 1.82) is 0 Å². The second-order valence-corrected chi connectivity index (χ2v) is 8.62. The summed E-state index contributed by atoms with van der Waals surface area (Å²) in [6.07, 6.45) is 2.93. The average Bonchev–Trinajstić information content (AvgIpc) is 3.14. The van der Waals surface area contributed by atoms with Crippen molar-refractivity contribution in [2.45, 2.75) is 33.2 Å². The Morgan fingerprint density at radius 3 is 2.45 bits per heavy atom. The van der Waals surface area contributed by atoms with Gasteiger partial charge in [0.2, 0.25) is 5.95 Å². The van der Waals surface area contributed by atoms with Crippen molar-refractivity contribution in [2.75, 3.05) is 5.32 Å². The molecule has 31 heavy (non-hydrogen) atoms. The molecule has 2 N–H and O–H groups in total. The Morgan fingerprint density at radius 2 is 1.74 bits per heavy atom. The summed E-state index contributed by atoms with van der Waals surface area (Å²) in [6, 6.07) is 18.0. The Hall–Kier alpha value is -3.29. The van der Waals surface area contributed by atoms with Gasteiger partial charge in [-0.05, 0) is 67.1 Å². The van der Waals surface area contributed by atoms with Crippen LogP contribution < -0.4 is 5.32 Å². The third kappa shape index (κ3) is 5.45. The van der Waals surface area contributed by atoms with Crippen LogP contribution >= 0.6 is 11.6 Å². The fourth-order valence-electron chi connectivity index (χ4n) is 3.57. The molecule has 2 heterocycles. The molecule has 1 atom stereocenters. The molecule has 2 aromatic carbocycles. The van der Waals surface area contributed by atoms with E-state index in [1.54, 1.807) is 0 Å². The molecule has 4 rings (SSSR count). The molecule has 0 saturated carbocycles. The Kier molecular flexibility index (Phi) is 6.25. The van der Waals surface area contributed by atoms with Gasteiger partial charge in [-0.2, -0.15) is 0 Å². The van der Waals surface area contributed by atoms with E-state index in [9.17, 15) is 0 Å². The van der Waals surface area contributed by atoms with Crippen LogP contribution in [0.1, 0.15) is 38.4 Å². The summed E-state index contributed by atoms with van der Waals surface area (Å²) in [7, 11) is 0. The van der Waals surface area contributed by atoms with Gasteiger partial charge < -0.3 is 10.3 Å². The molecule has 0 radical (unpaired) electrons. The Bertz CT molecular complexity index is 1230. The average molecular weight is 429 g/mol. The first-order valence-corrected chi connectivity index (χ1v) is 10.8. The highest BCUT2D eigenvalue weighted by Gasteiger charge is 2.08. The number of nitrogens with one attached hydrogen (secondary N) is 2. The van der Waals surface area contributed by atoms with Crippen LogP contribution in [0.25, 0.3) is 22.2 Å². The summed E-state index contributed by atoms with van der Waals surface area (Å²) < 4.78 is 0. The SMILES string of the molecule is CC(C)CC(C)Nc1nc2ccc(C#Cc3ccc(-c4ccc(Cl)cc4)cn3)cc2[nH]1. The number of benzene rings is 2. The molecule has 1 unspecified atom stereocenters. The van der Waals surface area contributed by atoms with E-state index in [4.69, 9.17) is 11.6 Å². The number of rotatable bonds is 5. The molecule has 0 amide bonds. The molecular weight excluding hydrogens is 404 g/mol. The predicted molar refractivity (Wildman–Crippen MR) is 129 cm³/mol. The van der Waals surface area contributed by atoms with Gasteiger partial charge in [-0.3, -0.25) is 0 Å². The van der Waals surface area contributed by atoms with Crippen LogP contribution in [-0.4, -0.2) is 21.0 Å². The molecule has 4 nitrogen and oxygen atoms in total. The predicted octanol–water partition coefficient (Wildman–Crippen LogP) is 6.52. The van der Waals surface area contributed by atoms with E-state index in [1.165, 1.54) is 0 Å². The third-order valence-electron chi connectivity index (χ3n) is 4.97. The van der Waals surface area contributed by atoms with Gasteiger partial charge in [0, 0.05) is 28.4 Å². The van der Waals surface area contributed by atoms with Crippen molar-refractivity contribution in [1.82, 2.24) is 15.0 Å². The smallest absolute Gasteiger partial charge is 0.201 e. The zero-order valence-corrected chi connectivity index (χ0v) is 18.7. The molecule has 0 aliphatic rings. The molecule has 0 aliphatic heterocycles. The first kappa shape index (κ1) is 21.0. The maximum Gasteiger partial charge on any atom is 0.201 e. The Morgan fingerprint density at radius 1 is 0.968 bits per heavy atom. The lowest BCUT2D eigenvalue weighted by Gasteiger charge is -2.14. The van der Waals surface area contributed by atoms with E-state index in [0.717, 1.165) is 50.8 Å². The van der Waals surface area contributed by atoms with E-state index in [-0.39, 0.29) is 0 Å². The molecule has 0 spiro atoms. The van der Waals surface area contributed by atoms with Crippen molar-refractivity contribution in [3.8, 4) is 23.0 Å². The maximum absolute atomic E-state index is 5.96. The number of aromatic nitrogens is 3. The van der Waals surface area contributed by atoms with Gasteiger partial charge in [-0.25, -0.2) is 9.97 Å². The minimum absolute atomic E-state index is 0.363. The van der Waals surface area contributed by atoms with Crippen molar-refractivity contribution in [2.24, 2.45) is 5.92 Å². The summed E-state index contributed by atoms with van der Waals surface area (Å²) in [6.45, 7) is 6.62. The lowest BCUT2D eigenvalue weighted by atomic mass is 10.1. The maximum atomic E-state index is 5.96. The highest BCUT2D eigenvalue weighted by Crippen LogP contribution is 2.21. The molecule has 2 aromatic heterocycles. The molecule has 0 fully saturated rings. The van der Waals surface area contributed by atoms with Gasteiger partial charge in [-0.15, -0.1) is 0 Å². The standard InChI is InChI=1S/C26H25ClN4/c1-17(2)14-18(3)29-26-30-24-13-5-19(15-25(24)31-26)4-11-23-12-8-21(16-28-23)20-6-9-22(27)10-7-20/h5-10,12-13,15-18H,14H2,1-3H3,(H2,29,30,31). The van der Waals surface area contributed by atoms with Gasteiger partial charge in [0.25, 0.3) is 0 Å². The topological polar surface area (TPSA) is 53.6 Å². The van der Waals surface area contributed by atoms with Crippen molar-refractivity contribution in [3.05, 3.63) is 77.1 Å². The Labute approximate surface area is 188 Å². The first-order valence-electron chi connectivity index (χ1n) is 10.5.